The second kappa shape index (κ2) is 9.53. The molecular formula is C26H29N3O2S. The Morgan fingerprint density at radius 1 is 1.16 bits per heavy atom. The van der Waals surface area contributed by atoms with E-state index in [1.807, 2.05) is 23.2 Å². The largest absolute Gasteiger partial charge is 0.378 e. The molecule has 0 aliphatic carbocycles. The second-order valence-electron chi connectivity index (χ2n) is 8.73. The highest BCUT2D eigenvalue weighted by Gasteiger charge is 2.32. The Kier molecular flexibility index (Phi) is 6.35. The van der Waals surface area contributed by atoms with Crippen molar-refractivity contribution in [1.82, 2.24) is 14.8 Å². The highest BCUT2D eigenvalue weighted by atomic mass is 32.1. The molecule has 0 saturated carbocycles. The number of fused-ring (bicyclic) bond motifs is 1. The summed E-state index contributed by atoms with van der Waals surface area (Å²) in [4.78, 5) is 24.3. The first-order chi connectivity index (χ1) is 15.7. The van der Waals surface area contributed by atoms with Crippen LogP contribution in [0.1, 0.15) is 40.1 Å². The molecule has 0 spiro atoms. The van der Waals surface area contributed by atoms with E-state index < -0.39 is 0 Å². The smallest absolute Gasteiger partial charge is 0.264 e. The summed E-state index contributed by atoms with van der Waals surface area (Å²) in [5, 5.41) is 1.15. The molecule has 0 radical (unpaired) electrons. The van der Waals surface area contributed by atoms with Gasteiger partial charge < -0.3 is 9.64 Å². The van der Waals surface area contributed by atoms with Crippen LogP contribution in [0.3, 0.4) is 0 Å². The number of nitrogens with zero attached hydrogens (tertiary/aromatic N) is 3. The molecule has 2 aromatic heterocycles. The van der Waals surface area contributed by atoms with Crippen molar-refractivity contribution in [3.8, 4) is 0 Å². The van der Waals surface area contributed by atoms with Gasteiger partial charge >= 0.3 is 0 Å². The van der Waals surface area contributed by atoms with Gasteiger partial charge in [-0.3, -0.25) is 9.69 Å². The summed E-state index contributed by atoms with van der Waals surface area (Å²) >= 11 is 1.56. The number of rotatable bonds is 5. The van der Waals surface area contributed by atoms with Crippen LogP contribution >= 0.6 is 11.3 Å². The molecule has 1 atom stereocenters. The van der Waals surface area contributed by atoms with Gasteiger partial charge in [-0.2, -0.15) is 0 Å². The normalized spacial score (nSPS) is 20.2. The maximum absolute atomic E-state index is 13.4. The molecule has 32 heavy (non-hydrogen) atoms. The Balaban J connectivity index is 1.37. The molecule has 1 unspecified atom stereocenters. The number of likely N-dealkylation sites (tertiary alicyclic amines) is 1. The van der Waals surface area contributed by atoms with E-state index in [1.165, 1.54) is 16.7 Å². The Hall–Kier alpha value is -2.54. The summed E-state index contributed by atoms with van der Waals surface area (Å²) in [6.45, 7) is 7.76. The fourth-order valence-corrected chi connectivity index (χ4v) is 6.07. The van der Waals surface area contributed by atoms with Crippen LogP contribution in [0.4, 0.5) is 0 Å². The molecule has 2 saturated heterocycles. The monoisotopic (exact) mass is 447 g/mol. The third-order valence-corrected chi connectivity index (χ3v) is 7.48. The van der Waals surface area contributed by atoms with Crippen LogP contribution in [0.2, 0.25) is 0 Å². The molecule has 166 valence electrons. The molecule has 1 aromatic carbocycles. The first kappa shape index (κ1) is 21.3. The summed E-state index contributed by atoms with van der Waals surface area (Å²) in [5.41, 5.74) is 3.81. The first-order valence-electron chi connectivity index (χ1n) is 11.4. The first-order valence-corrected chi connectivity index (χ1v) is 12.2. The molecule has 2 fully saturated rings. The molecule has 1 amide bonds. The quantitative estimate of drug-likeness (QED) is 0.571. The van der Waals surface area contributed by atoms with Gasteiger partial charge in [-0.15, -0.1) is 11.3 Å². The molecule has 0 bridgehead atoms. The van der Waals surface area contributed by atoms with Crippen LogP contribution in [0, 0.1) is 0 Å². The van der Waals surface area contributed by atoms with Crippen molar-refractivity contribution in [2.24, 2.45) is 0 Å². The predicted molar refractivity (Wildman–Crippen MR) is 130 cm³/mol. The fourth-order valence-electron chi connectivity index (χ4n) is 4.87. The number of hydrogen-bond acceptors (Lipinski definition) is 5. The topological polar surface area (TPSA) is 45.7 Å². The van der Waals surface area contributed by atoms with Gasteiger partial charge in [0.25, 0.3) is 5.91 Å². The summed E-state index contributed by atoms with van der Waals surface area (Å²) in [6.07, 6.45) is 5.16. The lowest BCUT2D eigenvalue weighted by Gasteiger charge is -2.27. The molecule has 0 N–H and O–H groups in total. The molecule has 6 heteroatoms. The van der Waals surface area contributed by atoms with Gasteiger partial charge in [-0.25, -0.2) is 4.98 Å². The average Bonchev–Trinajstić information content (AvgIpc) is 3.44. The van der Waals surface area contributed by atoms with Crippen molar-refractivity contribution >= 4 is 33.5 Å². The standard InChI is InChI=1S/C26H29N3O2S/c1-19(16-20-6-3-2-4-7-20)17-28-11-9-21(18-28)23-22-8-5-10-27-25(22)32-24(23)26(30)29-12-14-31-15-13-29/h2-8,10,16,21H,9,11-15,17-18H2,1H3/b19-16+. The SMILES string of the molecule is C/C(=C\c1ccccc1)CN1CCC(c2c(C(=O)N3CCOCC3)sc3ncccc23)C1. The second-order valence-corrected chi connectivity index (χ2v) is 9.73. The van der Waals surface area contributed by atoms with Crippen molar-refractivity contribution in [3.05, 3.63) is 70.2 Å². The van der Waals surface area contributed by atoms with E-state index >= 15 is 0 Å². The minimum absolute atomic E-state index is 0.143. The number of amides is 1. The van der Waals surface area contributed by atoms with E-state index in [2.05, 4.69) is 53.2 Å². The number of morpholine rings is 1. The van der Waals surface area contributed by atoms with Crippen LogP contribution in [-0.4, -0.2) is 66.6 Å². The van der Waals surface area contributed by atoms with Crippen molar-refractivity contribution in [2.45, 2.75) is 19.3 Å². The highest BCUT2D eigenvalue weighted by Crippen LogP contribution is 2.40. The number of carbonyl (C=O) groups excluding carboxylic acids is 1. The van der Waals surface area contributed by atoms with E-state index in [9.17, 15) is 4.79 Å². The summed E-state index contributed by atoms with van der Waals surface area (Å²) < 4.78 is 5.45. The van der Waals surface area contributed by atoms with Crippen molar-refractivity contribution in [3.63, 3.8) is 0 Å². The zero-order valence-corrected chi connectivity index (χ0v) is 19.3. The molecule has 5 nitrogen and oxygen atoms in total. The van der Waals surface area contributed by atoms with Gasteiger partial charge in [-0.1, -0.05) is 48.0 Å². The number of benzene rings is 1. The molecule has 2 aliphatic heterocycles. The van der Waals surface area contributed by atoms with Gasteiger partial charge in [-0.05, 0) is 37.1 Å². The van der Waals surface area contributed by atoms with Crippen LogP contribution in [0.25, 0.3) is 16.3 Å². The van der Waals surface area contributed by atoms with Crippen LogP contribution in [0.15, 0.2) is 54.2 Å². The number of ether oxygens (including phenoxy) is 1. The van der Waals surface area contributed by atoms with E-state index in [4.69, 9.17) is 4.74 Å². The fraction of sp³-hybridized carbons (Fsp3) is 0.385. The third kappa shape index (κ3) is 4.49. The Morgan fingerprint density at radius 3 is 2.78 bits per heavy atom. The molecule has 5 rings (SSSR count). The number of carbonyl (C=O) groups is 1. The van der Waals surface area contributed by atoms with Crippen molar-refractivity contribution in [1.29, 1.82) is 0 Å². The zero-order chi connectivity index (χ0) is 21.9. The molecule has 2 aliphatic rings. The van der Waals surface area contributed by atoms with Crippen molar-refractivity contribution in [2.75, 3.05) is 45.9 Å². The van der Waals surface area contributed by atoms with Gasteiger partial charge in [0.2, 0.25) is 0 Å². The minimum atomic E-state index is 0.143. The lowest BCUT2D eigenvalue weighted by atomic mass is 9.95. The lowest BCUT2D eigenvalue weighted by Crippen LogP contribution is -2.40. The number of aromatic nitrogens is 1. The van der Waals surface area contributed by atoms with Gasteiger partial charge in [0.15, 0.2) is 0 Å². The maximum atomic E-state index is 13.4. The zero-order valence-electron chi connectivity index (χ0n) is 18.5. The van der Waals surface area contributed by atoms with E-state index in [1.54, 1.807) is 11.3 Å². The number of thiophene rings is 1. The third-order valence-electron chi connectivity index (χ3n) is 6.36. The van der Waals surface area contributed by atoms with Gasteiger partial charge in [0, 0.05) is 43.7 Å². The van der Waals surface area contributed by atoms with Crippen molar-refractivity contribution < 1.29 is 9.53 Å². The van der Waals surface area contributed by atoms with Gasteiger partial charge in [0.1, 0.15) is 4.83 Å². The van der Waals surface area contributed by atoms with E-state index in [0.717, 1.165) is 41.1 Å². The molecule has 4 heterocycles. The highest BCUT2D eigenvalue weighted by molar-refractivity contribution is 7.20. The average molecular weight is 448 g/mol. The Bertz CT molecular complexity index is 1120. The molecule has 3 aromatic rings. The minimum Gasteiger partial charge on any atom is -0.378 e. The van der Waals surface area contributed by atoms with Crippen LogP contribution < -0.4 is 0 Å². The van der Waals surface area contributed by atoms with Crippen LogP contribution in [-0.2, 0) is 4.74 Å². The van der Waals surface area contributed by atoms with E-state index in [0.29, 0.717) is 32.2 Å². The molecular weight excluding hydrogens is 418 g/mol. The van der Waals surface area contributed by atoms with E-state index in [-0.39, 0.29) is 5.91 Å². The summed E-state index contributed by atoms with van der Waals surface area (Å²) in [5.74, 6) is 0.502. The lowest BCUT2D eigenvalue weighted by molar-refractivity contribution is 0.0305. The number of hydrogen-bond donors (Lipinski definition) is 0. The Morgan fingerprint density at radius 2 is 1.97 bits per heavy atom. The van der Waals surface area contributed by atoms with Gasteiger partial charge in [0.05, 0.1) is 18.1 Å². The summed E-state index contributed by atoms with van der Waals surface area (Å²) in [6, 6.07) is 14.6. The van der Waals surface area contributed by atoms with Crippen LogP contribution in [0.5, 0.6) is 0 Å². The summed E-state index contributed by atoms with van der Waals surface area (Å²) in [7, 11) is 0. The number of pyridine rings is 1. The Labute approximate surface area is 193 Å². The predicted octanol–water partition coefficient (Wildman–Crippen LogP) is 4.66. The maximum Gasteiger partial charge on any atom is 0.264 e.